The molecule has 0 unspecified atom stereocenters. The Morgan fingerprint density at radius 1 is 1.04 bits per heavy atom. The molecule has 1 aliphatic carbocycles. The van der Waals surface area contributed by atoms with Gasteiger partial charge in [0.05, 0.1) is 26.0 Å². The summed E-state index contributed by atoms with van der Waals surface area (Å²) in [7, 11) is 0. The van der Waals surface area contributed by atoms with Crippen LogP contribution in [-0.4, -0.2) is 108 Å². The number of nitrogens with zero attached hydrogens (tertiary/aromatic N) is 4. The normalized spacial score (nSPS) is 22.8. The summed E-state index contributed by atoms with van der Waals surface area (Å²) >= 11 is 0. The third-order valence-corrected chi connectivity index (χ3v) is 10.1. The van der Waals surface area contributed by atoms with Crippen LogP contribution in [0.1, 0.15) is 60.5 Å². The van der Waals surface area contributed by atoms with E-state index in [4.69, 9.17) is 15.2 Å². The lowest BCUT2D eigenvalue weighted by atomic mass is 9.91. The van der Waals surface area contributed by atoms with Crippen LogP contribution in [0.25, 0.3) is 11.1 Å². The summed E-state index contributed by atoms with van der Waals surface area (Å²) in [6, 6.07) is 16.2. The monoisotopic (exact) mass is 674 g/mol. The van der Waals surface area contributed by atoms with Gasteiger partial charge in [0.1, 0.15) is 17.1 Å². The maximum absolute atomic E-state index is 14.3. The highest BCUT2D eigenvalue weighted by atomic mass is 19.1. The highest BCUT2D eigenvalue weighted by Gasteiger charge is 2.25. The Bertz CT molecular complexity index is 1550. The van der Waals surface area contributed by atoms with E-state index in [0.717, 1.165) is 108 Å². The lowest BCUT2D eigenvalue weighted by Crippen LogP contribution is -2.43. The maximum atomic E-state index is 14.3. The minimum Gasteiger partial charge on any atom is -0.438 e. The number of hydrogen-bond donors (Lipinski definition) is 3. The second-order valence-corrected chi connectivity index (χ2v) is 13.8. The van der Waals surface area contributed by atoms with Gasteiger partial charge in [-0.25, -0.2) is 9.37 Å². The van der Waals surface area contributed by atoms with Gasteiger partial charge in [-0.05, 0) is 92.6 Å². The molecule has 1 saturated carbocycles. The van der Waals surface area contributed by atoms with Crippen molar-refractivity contribution < 1.29 is 23.8 Å². The number of rotatable bonds is 11. The van der Waals surface area contributed by atoms with Crippen molar-refractivity contribution in [1.29, 1.82) is 0 Å². The molecule has 264 valence electrons. The number of aliphatic hydroxyl groups is 1. The molecule has 4 N–H and O–H groups in total. The third kappa shape index (κ3) is 9.62. The molecule has 0 bridgehead atoms. The molecule has 2 saturated heterocycles. The predicted molar refractivity (Wildman–Crippen MR) is 188 cm³/mol. The molecule has 6 rings (SSSR count). The Morgan fingerprint density at radius 2 is 1.86 bits per heavy atom. The van der Waals surface area contributed by atoms with Crippen LogP contribution in [0, 0.1) is 5.82 Å². The molecule has 3 aromatic rings. The zero-order valence-electron chi connectivity index (χ0n) is 28.7. The number of carbonyl (C=O) groups excluding carboxylic acids is 1. The number of amides is 1. The number of benzene rings is 2. The summed E-state index contributed by atoms with van der Waals surface area (Å²) in [5.41, 5.74) is 10.7. The van der Waals surface area contributed by atoms with E-state index in [1.165, 1.54) is 17.2 Å². The van der Waals surface area contributed by atoms with Gasteiger partial charge in [-0.1, -0.05) is 30.3 Å². The summed E-state index contributed by atoms with van der Waals surface area (Å²) in [5, 5.41) is 12.4. The number of nitrogens with two attached hydrogens (primary N) is 1. The van der Waals surface area contributed by atoms with Crippen molar-refractivity contribution in [3.05, 3.63) is 77.2 Å². The molecule has 49 heavy (non-hydrogen) atoms. The van der Waals surface area contributed by atoms with Crippen LogP contribution in [0.4, 0.5) is 4.39 Å². The maximum Gasteiger partial charge on any atom is 0.257 e. The Morgan fingerprint density at radius 3 is 2.67 bits per heavy atom. The van der Waals surface area contributed by atoms with Crippen molar-refractivity contribution in [2.75, 3.05) is 59.1 Å². The van der Waals surface area contributed by atoms with Crippen molar-refractivity contribution in [3.8, 4) is 22.8 Å². The first kappa shape index (κ1) is 35.4. The van der Waals surface area contributed by atoms with Crippen molar-refractivity contribution in [1.82, 2.24) is 25.0 Å². The molecular weight excluding hydrogens is 623 g/mol. The van der Waals surface area contributed by atoms with E-state index in [1.54, 1.807) is 0 Å². The van der Waals surface area contributed by atoms with Gasteiger partial charge in [-0.3, -0.25) is 19.5 Å². The van der Waals surface area contributed by atoms with Crippen molar-refractivity contribution in [2.45, 2.75) is 70.2 Å². The molecule has 3 heterocycles. The summed E-state index contributed by atoms with van der Waals surface area (Å²) in [6.07, 6.45) is 5.44. The number of nitrogens with one attached hydrogen (secondary N) is 1. The van der Waals surface area contributed by atoms with Crippen LogP contribution in [0.2, 0.25) is 0 Å². The average Bonchev–Trinajstić information content (AvgIpc) is 3.32. The molecule has 2 aromatic carbocycles. The van der Waals surface area contributed by atoms with E-state index in [-0.39, 0.29) is 30.1 Å². The first-order chi connectivity index (χ1) is 23.8. The lowest BCUT2D eigenvalue weighted by molar-refractivity contribution is -0.00431. The standard InChI is InChI=1S/C38H51FN6O4/c1-27-26-48-19-17-45(27)25-30-20-28(24-44-13-3-12-43(14-15-44)16-18-46)6-11-35(30)29-4-2-5-34(21-29)49-38-36(22-31(39)23-41-38)37(47)42-33-9-7-32(40)8-10-33/h2,4-6,11,20-23,27,32-33,46H,3,7-10,12-19,24-26,40H2,1H3,(H,42,47)/t27-,32?,33?/m0/s1. The molecule has 0 radical (unpaired) electrons. The minimum atomic E-state index is -0.596. The molecule has 1 amide bonds. The Balaban J connectivity index is 1.23. The summed E-state index contributed by atoms with van der Waals surface area (Å²) in [5.74, 6) is -0.416. The Hall–Kier alpha value is -3.45. The van der Waals surface area contributed by atoms with Crippen LogP contribution < -0.4 is 15.8 Å². The van der Waals surface area contributed by atoms with Crippen molar-refractivity contribution in [3.63, 3.8) is 0 Å². The van der Waals surface area contributed by atoms with Gasteiger partial charge >= 0.3 is 0 Å². The smallest absolute Gasteiger partial charge is 0.257 e. The zero-order chi connectivity index (χ0) is 34.2. The summed E-state index contributed by atoms with van der Waals surface area (Å²) < 4.78 is 26.3. The Labute approximate surface area is 289 Å². The molecule has 11 heteroatoms. The SMILES string of the molecule is C[C@H]1COCCN1Cc1cc(CN2CCCN(CCO)CC2)ccc1-c1cccc(Oc2ncc(F)cc2C(=O)NC2CCC(N)CC2)c1. The number of aromatic nitrogens is 1. The number of morpholine rings is 1. The fourth-order valence-electron chi connectivity index (χ4n) is 7.21. The van der Waals surface area contributed by atoms with Gasteiger partial charge in [0.25, 0.3) is 5.91 Å². The highest BCUT2D eigenvalue weighted by Crippen LogP contribution is 2.32. The minimum absolute atomic E-state index is 0.0114. The molecule has 3 fully saturated rings. The number of carbonyl (C=O) groups is 1. The van der Waals surface area contributed by atoms with Crippen LogP contribution in [0.15, 0.2) is 54.7 Å². The predicted octanol–water partition coefficient (Wildman–Crippen LogP) is 4.40. The average molecular weight is 675 g/mol. The van der Waals surface area contributed by atoms with Crippen molar-refractivity contribution in [2.24, 2.45) is 5.73 Å². The topological polar surface area (TPSA) is 116 Å². The molecule has 3 aliphatic rings. The molecule has 0 spiro atoms. The van der Waals surface area contributed by atoms with Gasteiger partial charge < -0.3 is 25.6 Å². The first-order valence-electron chi connectivity index (χ1n) is 17.8. The number of aliphatic hydroxyl groups excluding tert-OH is 1. The third-order valence-electron chi connectivity index (χ3n) is 10.1. The molecular formula is C38H51FN6O4. The summed E-state index contributed by atoms with van der Waals surface area (Å²) in [4.78, 5) is 24.8. The molecule has 1 atom stereocenters. The number of ether oxygens (including phenoxy) is 2. The number of pyridine rings is 1. The largest absolute Gasteiger partial charge is 0.438 e. The van der Waals surface area contributed by atoms with Gasteiger partial charge in [0.15, 0.2) is 0 Å². The van der Waals surface area contributed by atoms with E-state index in [9.17, 15) is 14.3 Å². The second-order valence-electron chi connectivity index (χ2n) is 13.8. The molecule has 1 aromatic heterocycles. The van der Waals surface area contributed by atoms with Crippen LogP contribution in [0.3, 0.4) is 0 Å². The van der Waals surface area contributed by atoms with E-state index in [1.807, 2.05) is 18.2 Å². The van der Waals surface area contributed by atoms with Crippen molar-refractivity contribution >= 4 is 5.91 Å². The molecule has 2 aliphatic heterocycles. The van der Waals surface area contributed by atoms with Gasteiger partial charge in [-0.15, -0.1) is 0 Å². The fraction of sp³-hybridized carbons (Fsp3) is 0.526. The highest BCUT2D eigenvalue weighted by molar-refractivity contribution is 5.96. The molecule has 10 nitrogen and oxygen atoms in total. The zero-order valence-corrected chi connectivity index (χ0v) is 28.7. The van der Waals surface area contributed by atoms with Gasteiger partial charge in [0.2, 0.25) is 5.88 Å². The van der Waals surface area contributed by atoms with Crippen LogP contribution >= 0.6 is 0 Å². The lowest BCUT2D eigenvalue weighted by Gasteiger charge is -2.34. The van der Waals surface area contributed by atoms with Crippen LogP contribution in [0.5, 0.6) is 11.6 Å². The van der Waals surface area contributed by atoms with Gasteiger partial charge in [-0.2, -0.15) is 0 Å². The van der Waals surface area contributed by atoms with Crippen LogP contribution in [-0.2, 0) is 17.8 Å². The number of β-amino-alcohol motifs (C(OH)–C–C–N with tert-alkyl or cyclic N) is 1. The number of hydrogen-bond acceptors (Lipinski definition) is 9. The van der Waals surface area contributed by atoms with E-state index in [2.05, 4.69) is 56.2 Å². The number of halogens is 1. The quantitative estimate of drug-likeness (QED) is 0.272. The first-order valence-corrected chi connectivity index (χ1v) is 17.8. The van der Waals surface area contributed by atoms with E-state index in [0.29, 0.717) is 18.4 Å². The Kier molecular flexibility index (Phi) is 12.3. The second kappa shape index (κ2) is 17.0. The van der Waals surface area contributed by atoms with E-state index < -0.39 is 11.7 Å². The fourth-order valence-corrected chi connectivity index (χ4v) is 7.21. The summed E-state index contributed by atoms with van der Waals surface area (Å²) in [6.45, 7) is 11.1. The van der Waals surface area contributed by atoms with Gasteiger partial charge in [0, 0.05) is 57.4 Å². The van der Waals surface area contributed by atoms with E-state index >= 15 is 0 Å².